The van der Waals surface area contributed by atoms with Crippen LogP contribution in [0, 0.1) is 5.82 Å². The number of benzene rings is 2. The number of rotatable bonds is 9. The van der Waals surface area contributed by atoms with Crippen LogP contribution in [0.15, 0.2) is 58.3 Å². The van der Waals surface area contributed by atoms with Crippen LogP contribution in [0.5, 0.6) is 0 Å². The van der Waals surface area contributed by atoms with Crippen LogP contribution in [0.1, 0.15) is 36.6 Å². The number of aryl methyl sites for hydroxylation is 1. The number of nitrogens with one attached hydrogen (secondary N) is 1. The number of unbranched alkanes of at least 4 members (excludes halogenated alkanes) is 1. The van der Waals surface area contributed by atoms with E-state index in [0.29, 0.717) is 0 Å². The standard InChI is InChI=1S/C22H23FN2OS2/c1-2-3-4-16-7-11-19(12-8-16)24-21(26)13-20-15-28-22(25-20)27-14-17-5-9-18(23)10-6-17/h5-12,15H,2-4,13-14H2,1H3,(H,24,26). The van der Waals surface area contributed by atoms with Gasteiger partial charge < -0.3 is 5.32 Å². The largest absolute Gasteiger partial charge is 0.326 e. The molecule has 3 aromatic rings. The highest BCUT2D eigenvalue weighted by Gasteiger charge is 2.09. The normalized spacial score (nSPS) is 10.8. The molecule has 0 aliphatic heterocycles. The zero-order valence-electron chi connectivity index (χ0n) is 15.8. The number of halogens is 1. The van der Waals surface area contributed by atoms with E-state index in [1.807, 2.05) is 17.5 Å². The molecule has 0 aliphatic carbocycles. The molecule has 28 heavy (non-hydrogen) atoms. The molecule has 1 aromatic heterocycles. The van der Waals surface area contributed by atoms with Crippen molar-refractivity contribution in [3.05, 3.63) is 76.5 Å². The Morgan fingerprint density at radius 1 is 1.11 bits per heavy atom. The summed E-state index contributed by atoms with van der Waals surface area (Å²) in [5.74, 6) is 0.428. The van der Waals surface area contributed by atoms with Crippen molar-refractivity contribution in [1.82, 2.24) is 4.98 Å². The molecule has 1 amide bonds. The van der Waals surface area contributed by atoms with Crippen LogP contribution in [-0.2, 0) is 23.4 Å². The Balaban J connectivity index is 1.47. The van der Waals surface area contributed by atoms with Crippen LogP contribution in [0.25, 0.3) is 0 Å². The Bertz CT molecular complexity index is 892. The van der Waals surface area contributed by atoms with E-state index < -0.39 is 0 Å². The van der Waals surface area contributed by atoms with E-state index >= 15 is 0 Å². The summed E-state index contributed by atoms with van der Waals surface area (Å²) in [5, 5.41) is 4.85. The van der Waals surface area contributed by atoms with Gasteiger partial charge in [-0.1, -0.05) is 49.4 Å². The van der Waals surface area contributed by atoms with Crippen LogP contribution in [0.4, 0.5) is 10.1 Å². The number of aromatic nitrogens is 1. The molecule has 0 saturated carbocycles. The zero-order chi connectivity index (χ0) is 19.8. The fourth-order valence-corrected chi connectivity index (χ4v) is 4.47. The first kappa shape index (κ1) is 20.6. The lowest BCUT2D eigenvalue weighted by Gasteiger charge is -2.06. The highest BCUT2D eigenvalue weighted by atomic mass is 32.2. The molecule has 0 unspecified atom stereocenters. The van der Waals surface area contributed by atoms with Crippen LogP contribution >= 0.6 is 23.1 Å². The quantitative estimate of drug-likeness (QED) is 0.430. The van der Waals surface area contributed by atoms with Crippen molar-refractivity contribution in [3.8, 4) is 0 Å². The number of hydrogen-bond donors (Lipinski definition) is 1. The second-order valence-corrected chi connectivity index (χ2v) is 8.63. The summed E-state index contributed by atoms with van der Waals surface area (Å²) in [6, 6.07) is 14.5. The number of carbonyl (C=O) groups excluding carboxylic acids is 1. The SMILES string of the molecule is CCCCc1ccc(NC(=O)Cc2csc(SCc3ccc(F)cc3)n2)cc1. The molecule has 0 aliphatic rings. The summed E-state index contributed by atoms with van der Waals surface area (Å²) in [6.45, 7) is 2.18. The van der Waals surface area contributed by atoms with Crippen molar-refractivity contribution in [2.45, 2.75) is 42.7 Å². The van der Waals surface area contributed by atoms with Gasteiger partial charge in [0.2, 0.25) is 5.91 Å². The van der Waals surface area contributed by atoms with E-state index in [-0.39, 0.29) is 18.1 Å². The predicted molar refractivity (Wildman–Crippen MR) is 115 cm³/mol. The molecule has 2 aromatic carbocycles. The van der Waals surface area contributed by atoms with Crippen LogP contribution in [0.3, 0.4) is 0 Å². The average molecular weight is 415 g/mol. The van der Waals surface area contributed by atoms with Gasteiger partial charge in [0.15, 0.2) is 0 Å². The lowest BCUT2D eigenvalue weighted by atomic mass is 10.1. The molecule has 1 heterocycles. The fourth-order valence-electron chi connectivity index (χ4n) is 2.67. The van der Waals surface area contributed by atoms with Gasteiger partial charge in [0.25, 0.3) is 0 Å². The van der Waals surface area contributed by atoms with Crippen LogP contribution < -0.4 is 5.32 Å². The fraction of sp³-hybridized carbons (Fsp3) is 0.273. The van der Waals surface area contributed by atoms with Gasteiger partial charge in [0.1, 0.15) is 10.2 Å². The van der Waals surface area contributed by atoms with Gasteiger partial charge in [-0.2, -0.15) is 0 Å². The molecule has 0 atom stereocenters. The van der Waals surface area contributed by atoms with E-state index in [4.69, 9.17) is 0 Å². The van der Waals surface area contributed by atoms with Gasteiger partial charge in [-0.15, -0.1) is 11.3 Å². The first-order chi connectivity index (χ1) is 13.6. The summed E-state index contributed by atoms with van der Waals surface area (Å²) in [6.07, 6.45) is 3.68. The maximum absolute atomic E-state index is 12.9. The summed E-state index contributed by atoms with van der Waals surface area (Å²) in [4.78, 5) is 16.8. The Kier molecular flexibility index (Phi) is 7.62. The minimum atomic E-state index is -0.230. The predicted octanol–water partition coefficient (Wildman–Crippen LogP) is 6.10. The molecule has 6 heteroatoms. The van der Waals surface area contributed by atoms with Gasteiger partial charge in [-0.05, 0) is 48.2 Å². The molecule has 146 valence electrons. The molecular weight excluding hydrogens is 391 g/mol. The first-order valence-corrected chi connectivity index (χ1v) is 11.2. The van der Waals surface area contributed by atoms with Crippen LogP contribution in [0.2, 0.25) is 0 Å². The number of thiazole rings is 1. The van der Waals surface area contributed by atoms with Crippen molar-refractivity contribution in [2.75, 3.05) is 5.32 Å². The Labute approximate surface area is 173 Å². The van der Waals surface area contributed by atoms with Crippen molar-refractivity contribution in [2.24, 2.45) is 0 Å². The second kappa shape index (κ2) is 10.4. The van der Waals surface area contributed by atoms with Crippen molar-refractivity contribution in [1.29, 1.82) is 0 Å². The van der Waals surface area contributed by atoms with Gasteiger partial charge in [-0.25, -0.2) is 9.37 Å². The van der Waals surface area contributed by atoms with E-state index in [1.54, 1.807) is 23.9 Å². The molecule has 0 saturated heterocycles. The zero-order valence-corrected chi connectivity index (χ0v) is 17.4. The number of carbonyl (C=O) groups is 1. The summed E-state index contributed by atoms with van der Waals surface area (Å²) in [5.41, 5.74) is 3.92. The third-order valence-electron chi connectivity index (χ3n) is 4.20. The molecule has 0 spiro atoms. The minimum Gasteiger partial charge on any atom is -0.326 e. The molecule has 1 N–H and O–H groups in total. The Hall–Kier alpha value is -2.18. The second-order valence-electron chi connectivity index (χ2n) is 6.55. The average Bonchev–Trinajstić information content (AvgIpc) is 3.14. The smallest absolute Gasteiger partial charge is 0.230 e. The third-order valence-corrected chi connectivity index (χ3v) is 6.35. The Morgan fingerprint density at radius 2 is 1.82 bits per heavy atom. The van der Waals surface area contributed by atoms with E-state index in [9.17, 15) is 9.18 Å². The summed E-state index contributed by atoms with van der Waals surface area (Å²) in [7, 11) is 0. The third kappa shape index (κ3) is 6.46. The molecule has 3 rings (SSSR count). The molecule has 0 radical (unpaired) electrons. The van der Waals surface area contributed by atoms with Gasteiger partial charge in [-0.3, -0.25) is 4.79 Å². The van der Waals surface area contributed by atoms with Gasteiger partial charge in [0.05, 0.1) is 12.1 Å². The summed E-state index contributed by atoms with van der Waals surface area (Å²) < 4.78 is 13.9. The monoisotopic (exact) mass is 414 g/mol. The van der Waals surface area contributed by atoms with E-state index in [2.05, 4.69) is 29.4 Å². The molecule has 3 nitrogen and oxygen atoms in total. The maximum Gasteiger partial charge on any atom is 0.230 e. The minimum absolute atomic E-state index is 0.0679. The molecule has 0 bridgehead atoms. The number of thioether (sulfide) groups is 1. The topological polar surface area (TPSA) is 42.0 Å². The van der Waals surface area contributed by atoms with Crippen molar-refractivity contribution >= 4 is 34.7 Å². The number of nitrogens with zero attached hydrogens (tertiary/aromatic N) is 1. The van der Waals surface area contributed by atoms with Gasteiger partial charge in [0, 0.05) is 16.8 Å². The van der Waals surface area contributed by atoms with Crippen molar-refractivity contribution < 1.29 is 9.18 Å². The number of anilines is 1. The number of hydrogen-bond acceptors (Lipinski definition) is 4. The van der Waals surface area contributed by atoms with Gasteiger partial charge >= 0.3 is 0 Å². The van der Waals surface area contributed by atoms with E-state index in [1.165, 1.54) is 41.9 Å². The first-order valence-electron chi connectivity index (χ1n) is 9.33. The lowest BCUT2D eigenvalue weighted by Crippen LogP contribution is -2.14. The van der Waals surface area contributed by atoms with Crippen molar-refractivity contribution in [3.63, 3.8) is 0 Å². The van der Waals surface area contributed by atoms with E-state index in [0.717, 1.165) is 33.5 Å². The highest BCUT2D eigenvalue weighted by Crippen LogP contribution is 2.26. The highest BCUT2D eigenvalue weighted by molar-refractivity contribution is 8.00. The Morgan fingerprint density at radius 3 is 2.54 bits per heavy atom. The lowest BCUT2D eigenvalue weighted by molar-refractivity contribution is -0.115. The molecule has 0 fully saturated rings. The molecular formula is C22H23FN2OS2. The summed E-state index contributed by atoms with van der Waals surface area (Å²) >= 11 is 3.12. The van der Waals surface area contributed by atoms with Crippen LogP contribution in [-0.4, -0.2) is 10.9 Å². The maximum atomic E-state index is 12.9. The number of amides is 1.